The van der Waals surface area contributed by atoms with E-state index in [1.807, 2.05) is 37.3 Å². The van der Waals surface area contributed by atoms with Crippen LogP contribution in [0.15, 0.2) is 30.3 Å². The molecule has 0 saturated carbocycles. The Kier molecular flexibility index (Phi) is 5.60. The van der Waals surface area contributed by atoms with Gasteiger partial charge in [0.1, 0.15) is 5.75 Å². The van der Waals surface area contributed by atoms with Gasteiger partial charge < -0.3 is 15.0 Å². The number of amides is 2. The third-order valence-electron chi connectivity index (χ3n) is 3.67. The summed E-state index contributed by atoms with van der Waals surface area (Å²) < 4.78 is 5.46. The summed E-state index contributed by atoms with van der Waals surface area (Å²) in [6, 6.07) is 9.30. The molecule has 1 heterocycles. The van der Waals surface area contributed by atoms with Crippen molar-refractivity contribution in [2.75, 3.05) is 26.2 Å². The minimum absolute atomic E-state index is 0.0202. The first-order chi connectivity index (χ1) is 10.2. The van der Waals surface area contributed by atoms with E-state index in [2.05, 4.69) is 5.32 Å². The van der Waals surface area contributed by atoms with Crippen molar-refractivity contribution in [3.05, 3.63) is 30.3 Å². The molecule has 0 spiro atoms. The summed E-state index contributed by atoms with van der Waals surface area (Å²) in [4.78, 5) is 25.6. The number of nitrogens with one attached hydrogen (secondary N) is 1. The van der Waals surface area contributed by atoms with Crippen LogP contribution in [0.25, 0.3) is 0 Å². The average Bonchev–Trinajstić information content (AvgIpc) is 2.54. The van der Waals surface area contributed by atoms with E-state index >= 15 is 0 Å². The molecule has 1 saturated heterocycles. The molecule has 0 radical (unpaired) electrons. The van der Waals surface area contributed by atoms with E-state index in [1.54, 1.807) is 4.90 Å². The predicted molar refractivity (Wildman–Crippen MR) is 79.9 cm³/mol. The van der Waals surface area contributed by atoms with Gasteiger partial charge in [0.25, 0.3) is 5.91 Å². The molecule has 1 aliphatic heterocycles. The molecule has 1 aliphatic rings. The fourth-order valence-corrected chi connectivity index (χ4v) is 2.46. The lowest BCUT2D eigenvalue weighted by Crippen LogP contribution is -2.44. The van der Waals surface area contributed by atoms with Gasteiger partial charge in [-0.05, 0) is 31.9 Å². The Bertz CT molecular complexity index is 468. The molecule has 2 rings (SSSR count). The van der Waals surface area contributed by atoms with Gasteiger partial charge in [-0.1, -0.05) is 18.2 Å². The van der Waals surface area contributed by atoms with Gasteiger partial charge in [-0.2, -0.15) is 0 Å². The maximum absolute atomic E-state index is 12.1. The molecule has 0 bridgehead atoms. The summed E-state index contributed by atoms with van der Waals surface area (Å²) in [5, 5.41) is 2.84. The molecular weight excluding hydrogens is 268 g/mol. The Morgan fingerprint density at radius 3 is 2.52 bits per heavy atom. The number of likely N-dealkylation sites (tertiary alicyclic amines) is 1. The van der Waals surface area contributed by atoms with Crippen LogP contribution in [0.1, 0.15) is 19.8 Å². The highest BCUT2D eigenvalue weighted by molar-refractivity contribution is 5.80. The van der Waals surface area contributed by atoms with Crippen molar-refractivity contribution in [1.82, 2.24) is 10.2 Å². The second-order valence-corrected chi connectivity index (χ2v) is 5.15. The highest BCUT2D eigenvalue weighted by Crippen LogP contribution is 2.17. The van der Waals surface area contributed by atoms with Gasteiger partial charge in [0, 0.05) is 25.6 Å². The SMILES string of the molecule is CCNC(=O)C1CCN(C(=O)COc2ccccc2)CC1. The van der Waals surface area contributed by atoms with E-state index in [-0.39, 0.29) is 24.3 Å². The van der Waals surface area contributed by atoms with Gasteiger partial charge in [0.2, 0.25) is 5.91 Å². The third-order valence-corrected chi connectivity index (χ3v) is 3.67. The van der Waals surface area contributed by atoms with Gasteiger partial charge in [-0.15, -0.1) is 0 Å². The Morgan fingerprint density at radius 2 is 1.90 bits per heavy atom. The minimum atomic E-state index is -0.0202. The van der Waals surface area contributed by atoms with E-state index in [1.165, 1.54) is 0 Å². The quantitative estimate of drug-likeness (QED) is 0.892. The van der Waals surface area contributed by atoms with Crippen LogP contribution in [-0.2, 0) is 9.59 Å². The monoisotopic (exact) mass is 290 g/mol. The predicted octanol–water partition coefficient (Wildman–Crippen LogP) is 1.44. The molecule has 1 fully saturated rings. The molecule has 1 aromatic carbocycles. The topological polar surface area (TPSA) is 58.6 Å². The van der Waals surface area contributed by atoms with Crippen molar-refractivity contribution >= 4 is 11.8 Å². The number of hydrogen-bond acceptors (Lipinski definition) is 3. The second kappa shape index (κ2) is 7.67. The molecule has 0 atom stereocenters. The standard InChI is InChI=1S/C16H22N2O3/c1-2-17-16(20)13-8-10-18(11-9-13)15(19)12-21-14-6-4-3-5-7-14/h3-7,13H,2,8-12H2,1H3,(H,17,20). The molecular formula is C16H22N2O3. The third kappa shape index (κ3) is 4.48. The first-order valence-corrected chi connectivity index (χ1v) is 7.44. The van der Waals surface area contributed by atoms with Crippen LogP contribution in [0.2, 0.25) is 0 Å². The molecule has 5 nitrogen and oxygen atoms in total. The number of ether oxygens (including phenoxy) is 1. The van der Waals surface area contributed by atoms with Crippen LogP contribution in [0.3, 0.4) is 0 Å². The van der Waals surface area contributed by atoms with E-state index in [0.717, 1.165) is 12.8 Å². The average molecular weight is 290 g/mol. The van der Waals surface area contributed by atoms with Gasteiger partial charge >= 0.3 is 0 Å². The molecule has 1 N–H and O–H groups in total. The molecule has 5 heteroatoms. The fourth-order valence-electron chi connectivity index (χ4n) is 2.46. The lowest BCUT2D eigenvalue weighted by Gasteiger charge is -2.31. The van der Waals surface area contributed by atoms with Crippen molar-refractivity contribution in [2.45, 2.75) is 19.8 Å². The first kappa shape index (κ1) is 15.4. The number of carbonyl (C=O) groups is 2. The van der Waals surface area contributed by atoms with Crippen LogP contribution in [0.4, 0.5) is 0 Å². The molecule has 0 aliphatic carbocycles. The zero-order valence-corrected chi connectivity index (χ0v) is 12.4. The zero-order valence-electron chi connectivity index (χ0n) is 12.4. The molecule has 2 amide bonds. The van der Waals surface area contributed by atoms with Crippen LogP contribution in [-0.4, -0.2) is 43.0 Å². The highest BCUT2D eigenvalue weighted by Gasteiger charge is 2.26. The van der Waals surface area contributed by atoms with Gasteiger partial charge in [-0.25, -0.2) is 0 Å². The number of piperidine rings is 1. The van der Waals surface area contributed by atoms with Crippen LogP contribution < -0.4 is 10.1 Å². The number of carbonyl (C=O) groups excluding carboxylic acids is 2. The summed E-state index contributed by atoms with van der Waals surface area (Å²) >= 11 is 0. The molecule has 114 valence electrons. The maximum Gasteiger partial charge on any atom is 0.260 e. The number of benzene rings is 1. The maximum atomic E-state index is 12.1. The van der Waals surface area contributed by atoms with Crippen molar-refractivity contribution in [3.8, 4) is 5.75 Å². The Hall–Kier alpha value is -2.04. The lowest BCUT2D eigenvalue weighted by molar-refractivity contribution is -0.137. The van der Waals surface area contributed by atoms with Crippen molar-refractivity contribution < 1.29 is 14.3 Å². The summed E-state index contributed by atoms with van der Waals surface area (Å²) in [6.07, 6.45) is 1.45. The second-order valence-electron chi connectivity index (χ2n) is 5.15. The van der Waals surface area contributed by atoms with E-state index in [0.29, 0.717) is 25.4 Å². The Labute approximate surface area is 125 Å². The molecule has 0 unspecified atom stereocenters. The number of hydrogen-bond donors (Lipinski definition) is 1. The normalized spacial score (nSPS) is 15.6. The number of nitrogens with zero attached hydrogens (tertiary/aromatic N) is 1. The van der Waals surface area contributed by atoms with Crippen LogP contribution in [0.5, 0.6) is 5.75 Å². The minimum Gasteiger partial charge on any atom is -0.484 e. The fraction of sp³-hybridized carbons (Fsp3) is 0.500. The largest absolute Gasteiger partial charge is 0.484 e. The highest BCUT2D eigenvalue weighted by atomic mass is 16.5. The summed E-state index contributed by atoms with van der Waals surface area (Å²) in [6.45, 7) is 3.87. The molecule has 21 heavy (non-hydrogen) atoms. The summed E-state index contributed by atoms with van der Waals surface area (Å²) in [5.41, 5.74) is 0. The van der Waals surface area contributed by atoms with E-state index in [9.17, 15) is 9.59 Å². The van der Waals surface area contributed by atoms with Crippen molar-refractivity contribution in [2.24, 2.45) is 5.92 Å². The van der Waals surface area contributed by atoms with Crippen LogP contribution in [0, 0.1) is 5.92 Å². The van der Waals surface area contributed by atoms with E-state index in [4.69, 9.17) is 4.74 Å². The van der Waals surface area contributed by atoms with E-state index < -0.39 is 0 Å². The molecule has 0 aromatic heterocycles. The van der Waals surface area contributed by atoms with Gasteiger partial charge in [-0.3, -0.25) is 9.59 Å². The summed E-state index contributed by atoms with van der Waals surface area (Å²) in [7, 11) is 0. The smallest absolute Gasteiger partial charge is 0.260 e. The summed E-state index contributed by atoms with van der Waals surface area (Å²) in [5.74, 6) is 0.811. The van der Waals surface area contributed by atoms with Gasteiger partial charge in [0.15, 0.2) is 6.61 Å². The number of rotatable bonds is 5. The van der Waals surface area contributed by atoms with Crippen LogP contribution >= 0.6 is 0 Å². The Balaban J connectivity index is 1.74. The molecule has 1 aromatic rings. The van der Waals surface area contributed by atoms with Crippen molar-refractivity contribution in [3.63, 3.8) is 0 Å². The lowest BCUT2D eigenvalue weighted by atomic mass is 9.96. The Morgan fingerprint density at radius 1 is 1.24 bits per heavy atom. The zero-order chi connectivity index (χ0) is 15.1. The van der Waals surface area contributed by atoms with Gasteiger partial charge in [0.05, 0.1) is 0 Å². The van der Waals surface area contributed by atoms with Crippen molar-refractivity contribution in [1.29, 1.82) is 0 Å². The first-order valence-electron chi connectivity index (χ1n) is 7.44. The number of para-hydroxylation sites is 1.